The average molecular weight is 484 g/mol. The Kier molecular flexibility index (Phi) is 5.82. The smallest absolute Gasteiger partial charge is 0.264 e. The van der Waals surface area contributed by atoms with Gasteiger partial charge in [0.05, 0.1) is 15.1 Å². The minimum absolute atomic E-state index is 0.0694. The molecule has 2 N–H and O–H groups in total. The van der Waals surface area contributed by atoms with Gasteiger partial charge in [-0.05, 0) is 77.2 Å². The highest BCUT2D eigenvalue weighted by atomic mass is 127. The highest BCUT2D eigenvalue weighted by Crippen LogP contribution is 2.35. The lowest BCUT2D eigenvalue weighted by molar-refractivity contribution is -0.115. The summed E-state index contributed by atoms with van der Waals surface area (Å²) in [7, 11) is 0. The summed E-state index contributed by atoms with van der Waals surface area (Å²) in [6.07, 6.45) is 1.67. The van der Waals surface area contributed by atoms with E-state index >= 15 is 0 Å². The molecular formula is C18H14FIN2O3S. The number of rotatable bonds is 4. The number of hydrogen-bond acceptors (Lipinski definition) is 5. The monoisotopic (exact) mass is 484 g/mol. The lowest BCUT2D eigenvalue weighted by Gasteiger charge is -2.08. The highest BCUT2D eigenvalue weighted by Gasteiger charge is 2.24. The van der Waals surface area contributed by atoms with Crippen molar-refractivity contribution in [3.63, 3.8) is 0 Å². The van der Waals surface area contributed by atoms with E-state index in [9.17, 15) is 14.3 Å². The van der Waals surface area contributed by atoms with E-state index < -0.39 is 5.82 Å². The molecule has 0 spiro atoms. The van der Waals surface area contributed by atoms with Crippen molar-refractivity contribution < 1.29 is 19.0 Å². The zero-order chi connectivity index (χ0) is 18.7. The standard InChI is InChI=1S/C18H14FIN2O3S/c1-2-25-14-8-10(7-12(20)16(14)23)9-15-17(24)22-18(26-15)21-13-6-4-3-5-11(13)19/h3-9,23H,2H2,1H3,(H,21,22,24)/b15-9-. The van der Waals surface area contributed by atoms with Gasteiger partial charge in [-0.15, -0.1) is 0 Å². The fraction of sp³-hybridized carbons (Fsp3) is 0.111. The van der Waals surface area contributed by atoms with Crippen LogP contribution in [0.1, 0.15) is 12.5 Å². The summed E-state index contributed by atoms with van der Waals surface area (Å²) in [5.41, 5.74) is 0.870. The number of carbonyl (C=O) groups is 1. The van der Waals surface area contributed by atoms with E-state index in [4.69, 9.17) is 4.74 Å². The molecule has 1 amide bonds. The van der Waals surface area contributed by atoms with Crippen molar-refractivity contribution >= 4 is 57.2 Å². The average Bonchev–Trinajstić information content (AvgIpc) is 2.94. The third-order valence-corrected chi connectivity index (χ3v) is 5.11. The van der Waals surface area contributed by atoms with E-state index in [0.29, 0.717) is 31.6 Å². The lowest BCUT2D eigenvalue weighted by Crippen LogP contribution is -2.19. The maximum absolute atomic E-state index is 13.7. The van der Waals surface area contributed by atoms with Crippen molar-refractivity contribution in [3.05, 3.63) is 56.3 Å². The van der Waals surface area contributed by atoms with Crippen LogP contribution in [0, 0.1) is 9.39 Å². The molecule has 3 rings (SSSR count). The first-order chi connectivity index (χ1) is 12.5. The molecule has 0 saturated carbocycles. The number of ether oxygens (including phenoxy) is 1. The largest absolute Gasteiger partial charge is 0.504 e. The number of hydrogen-bond donors (Lipinski definition) is 2. The molecule has 2 aromatic carbocycles. The quantitative estimate of drug-likeness (QED) is 0.498. The summed E-state index contributed by atoms with van der Waals surface area (Å²) in [5, 5.41) is 12.9. The molecule has 5 nitrogen and oxygen atoms in total. The number of thioether (sulfide) groups is 1. The van der Waals surface area contributed by atoms with Crippen LogP contribution in [0.25, 0.3) is 6.08 Å². The molecule has 0 aromatic heterocycles. The second-order valence-electron chi connectivity index (χ2n) is 5.22. The van der Waals surface area contributed by atoms with E-state index in [1.54, 1.807) is 30.3 Å². The normalized spacial score (nSPS) is 17.0. The van der Waals surface area contributed by atoms with Crippen LogP contribution >= 0.6 is 34.4 Å². The third-order valence-electron chi connectivity index (χ3n) is 3.37. The molecule has 1 heterocycles. The van der Waals surface area contributed by atoms with Gasteiger partial charge in [0.1, 0.15) is 11.5 Å². The molecule has 1 fully saturated rings. The molecule has 2 aromatic rings. The Morgan fingerprint density at radius 1 is 1.38 bits per heavy atom. The molecule has 1 aliphatic heterocycles. The van der Waals surface area contributed by atoms with Gasteiger partial charge in [0, 0.05) is 0 Å². The SMILES string of the molecule is CCOc1cc(/C=C2\SC(=Nc3ccccc3F)NC2=O)cc(I)c1O. The van der Waals surface area contributed by atoms with Crippen molar-refractivity contribution in [2.45, 2.75) is 6.92 Å². The van der Waals surface area contributed by atoms with Gasteiger partial charge in [-0.25, -0.2) is 9.38 Å². The van der Waals surface area contributed by atoms with Gasteiger partial charge < -0.3 is 15.2 Å². The Balaban J connectivity index is 1.89. The topological polar surface area (TPSA) is 70.9 Å². The summed E-state index contributed by atoms with van der Waals surface area (Å²) in [6.45, 7) is 2.24. The first kappa shape index (κ1) is 18.7. The number of para-hydroxylation sites is 1. The van der Waals surface area contributed by atoms with Gasteiger partial charge >= 0.3 is 0 Å². The number of phenolic OH excluding ortho intramolecular Hbond substituents is 1. The van der Waals surface area contributed by atoms with Crippen molar-refractivity contribution in [2.24, 2.45) is 4.99 Å². The number of aliphatic imine (C=N–C) groups is 1. The van der Waals surface area contributed by atoms with E-state index in [2.05, 4.69) is 10.3 Å². The molecular weight excluding hydrogens is 470 g/mol. The summed E-state index contributed by atoms with van der Waals surface area (Å²) in [4.78, 5) is 16.7. The fourth-order valence-electron chi connectivity index (χ4n) is 2.23. The molecule has 8 heteroatoms. The molecule has 0 atom stereocenters. The van der Waals surface area contributed by atoms with E-state index in [-0.39, 0.29) is 17.3 Å². The highest BCUT2D eigenvalue weighted by molar-refractivity contribution is 14.1. The van der Waals surface area contributed by atoms with Crippen LogP contribution in [0.3, 0.4) is 0 Å². The number of nitrogens with one attached hydrogen (secondary N) is 1. The van der Waals surface area contributed by atoms with E-state index in [1.807, 2.05) is 29.5 Å². The summed E-state index contributed by atoms with van der Waals surface area (Å²) < 4.78 is 19.7. The zero-order valence-electron chi connectivity index (χ0n) is 13.6. The predicted octanol–water partition coefficient (Wildman–Crippen LogP) is 4.43. The summed E-state index contributed by atoms with van der Waals surface area (Å²) in [6, 6.07) is 9.50. The predicted molar refractivity (Wildman–Crippen MR) is 109 cm³/mol. The number of nitrogens with zero attached hydrogens (tertiary/aromatic N) is 1. The molecule has 0 aliphatic carbocycles. The molecule has 0 unspecified atom stereocenters. The summed E-state index contributed by atoms with van der Waals surface area (Å²) >= 11 is 3.12. The van der Waals surface area contributed by atoms with Crippen LogP contribution < -0.4 is 10.1 Å². The van der Waals surface area contributed by atoms with Crippen LogP contribution in [0.4, 0.5) is 10.1 Å². The first-order valence-electron chi connectivity index (χ1n) is 7.67. The number of amides is 1. The van der Waals surface area contributed by atoms with Crippen molar-refractivity contribution in [2.75, 3.05) is 6.61 Å². The van der Waals surface area contributed by atoms with Crippen LogP contribution in [0.2, 0.25) is 0 Å². The zero-order valence-corrected chi connectivity index (χ0v) is 16.6. The van der Waals surface area contributed by atoms with Crippen LogP contribution in [-0.4, -0.2) is 22.8 Å². The fourth-order valence-corrected chi connectivity index (χ4v) is 3.69. The van der Waals surface area contributed by atoms with Crippen LogP contribution in [0.5, 0.6) is 11.5 Å². The Labute approximate surface area is 167 Å². The molecule has 1 saturated heterocycles. The minimum atomic E-state index is -0.457. The third kappa shape index (κ3) is 4.18. The maximum atomic E-state index is 13.7. The number of carbonyl (C=O) groups excluding carboxylic acids is 1. The molecule has 0 bridgehead atoms. The van der Waals surface area contributed by atoms with Gasteiger partial charge in [0.25, 0.3) is 5.91 Å². The number of phenols is 1. The summed E-state index contributed by atoms with van der Waals surface area (Å²) in [5.74, 6) is -0.345. The van der Waals surface area contributed by atoms with Crippen molar-refractivity contribution in [3.8, 4) is 11.5 Å². The van der Waals surface area contributed by atoms with Gasteiger partial charge in [0.15, 0.2) is 16.7 Å². The number of amidine groups is 1. The van der Waals surface area contributed by atoms with Crippen molar-refractivity contribution in [1.82, 2.24) is 5.32 Å². The number of aromatic hydroxyl groups is 1. The Hall–Kier alpha value is -2.07. The van der Waals surface area contributed by atoms with Gasteiger partial charge in [0.2, 0.25) is 0 Å². The van der Waals surface area contributed by atoms with Crippen LogP contribution in [0.15, 0.2) is 46.3 Å². The molecule has 134 valence electrons. The molecule has 0 radical (unpaired) electrons. The first-order valence-corrected chi connectivity index (χ1v) is 9.57. The molecule has 26 heavy (non-hydrogen) atoms. The second-order valence-corrected chi connectivity index (χ2v) is 7.41. The minimum Gasteiger partial charge on any atom is -0.504 e. The second kappa shape index (κ2) is 8.09. The number of benzene rings is 2. The van der Waals surface area contributed by atoms with E-state index in [1.165, 1.54) is 12.1 Å². The van der Waals surface area contributed by atoms with Gasteiger partial charge in [-0.2, -0.15) is 0 Å². The molecule has 1 aliphatic rings. The van der Waals surface area contributed by atoms with Crippen molar-refractivity contribution in [1.29, 1.82) is 0 Å². The van der Waals surface area contributed by atoms with Crippen LogP contribution in [-0.2, 0) is 4.79 Å². The van der Waals surface area contributed by atoms with E-state index in [0.717, 1.165) is 11.8 Å². The maximum Gasteiger partial charge on any atom is 0.264 e. The Morgan fingerprint density at radius 2 is 2.15 bits per heavy atom. The Morgan fingerprint density at radius 3 is 2.88 bits per heavy atom. The number of halogens is 2. The van der Waals surface area contributed by atoms with Gasteiger partial charge in [-0.1, -0.05) is 12.1 Å². The Bertz CT molecular complexity index is 931. The lowest BCUT2D eigenvalue weighted by atomic mass is 10.2. The van der Waals surface area contributed by atoms with Gasteiger partial charge in [-0.3, -0.25) is 4.79 Å².